The normalized spacial score (nSPS) is 36.4. The number of rotatable bonds is 3. The van der Waals surface area contributed by atoms with E-state index < -0.39 is 0 Å². The van der Waals surface area contributed by atoms with Gasteiger partial charge in [0.1, 0.15) is 6.04 Å². The van der Waals surface area contributed by atoms with Gasteiger partial charge in [0, 0.05) is 38.3 Å². The van der Waals surface area contributed by atoms with Crippen LogP contribution >= 0.6 is 0 Å². The van der Waals surface area contributed by atoms with Gasteiger partial charge in [0.05, 0.1) is 6.61 Å². The molecule has 3 rings (SSSR count). The van der Waals surface area contributed by atoms with Crippen LogP contribution in [0.25, 0.3) is 0 Å². The summed E-state index contributed by atoms with van der Waals surface area (Å²) in [5.74, 6) is -0.0499. The predicted octanol–water partition coefficient (Wildman–Crippen LogP) is 0.0600. The number of esters is 1. The number of ether oxygens (including phenoxy) is 1. The maximum Gasteiger partial charge on any atom is 0.324 e. The van der Waals surface area contributed by atoms with Gasteiger partial charge in [0.15, 0.2) is 0 Å². The van der Waals surface area contributed by atoms with E-state index >= 15 is 0 Å². The molecule has 108 valence electrons. The zero-order valence-corrected chi connectivity index (χ0v) is 11.8. The second-order valence-corrected chi connectivity index (χ2v) is 5.81. The van der Waals surface area contributed by atoms with E-state index in [2.05, 4.69) is 15.1 Å². The van der Waals surface area contributed by atoms with E-state index in [1.807, 2.05) is 6.92 Å². The molecule has 0 aromatic heterocycles. The van der Waals surface area contributed by atoms with Gasteiger partial charge in [-0.2, -0.15) is 0 Å². The zero-order chi connectivity index (χ0) is 13.2. The van der Waals surface area contributed by atoms with E-state index in [0.29, 0.717) is 18.7 Å². The van der Waals surface area contributed by atoms with Gasteiger partial charge < -0.3 is 10.1 Å². The summed E-state index contributed by atoms with van der Waals surface area (Å²) in [7, 11) is 0. The molecule has 5 nitrogen and oxygen atoms in total. The highest BCUT2D eigenvalue weighted by Crippen LogP contribution is 2.32. The van der Waals surface area contributed by atoms with Crippen LogP contribution in [-0.4, -0.2) is 73.2 Å². The molecule has 1 N–H and O–H groups in total. The lowest BCUT2D eigenvalue weighted by Crippen LogP contribution is -2.60. The van der Waals surface area contributed by atoms with Crippen LogP contribution in [-0.2, 0) is 9.53 Å². The molecule has 19 heavy (non-hydrogen) atoms. The minimum atomic E-state index is -0.0840. The molecule has 3 unspecified atom stereocenters. The molecule has 3 aliphatic rings. The second-order valence-electron chi connectivity index (χ2n) is 5.81. The molecule has 3 saturated heterocycles. The van der Waals surface area contributed by atoms with Crippen molar-refractivity contribution in [2.24, 2.45) is 0 Å². The molecule has 0 saturated carbocycles. The Morgan fingerprint density at radius 1 is 1.26 bits per heavy atom. The third-order valence-corrected chi connectivity index (χ3v) is 4.84. The summed E-state index contributed by atoms with van der Waals surface area (Å²) in [5.41, 5.74) is 0. The van der Waals surface area contributed by atoms with Gasteiger partial charge in [-0.05, 0) is 32.7 Å². The van der Waals surface area contributed by atoms with Crippen LogP contribution in [0.4, 0.5) is 0 Å². The first-order valence-electron chi connectivity index (χ1n) is 7.68. The highest BCUT2D eigenvalue weighted by molar-refractivity contribution is 5.76. The third-order valence-electron chi connectivity index (χ3n) is 4.84. The molecule has 3 atom stereocenters. The summed E-state index contributed by atoms with van der Waals surface area (Å²) in [6, 6.07) is 1.15. The molecule has 0 aliphatic carbocycles. The van der Waals surface area contributed by atoms with Gasteiger partial charge in [0.25, 0.3) is 0 Å². The minimum absolute atomic E-state index is 0.0499. The fourth-order valence-corrected chi connectivity index (χ4v) is 4.02. The molecule has 5 heteroatoms. The quantitative estimate of drug-likeness (QED) is 0.733. The number of carbonyl (C=O) groups excluding carboxylic acids is 1. The van der Waals surface area contributed by atoms with Crippen LogP contribution in [0.3, 0.4) is 0 Å². The monoisotopic (exact) mass is 267 g/mol. The van der Waals surface area contributed by atoms with Crippen LogP contribution in [0.2, 0.25) is 0 Å². The van der Waals surface area contributed by atoms with Crippen molar-refractivity contribution in [3.8, 4) is 0 Å². The van der Waals surface area contributed by atoms with Crippen LogP contribution in [0.1, 0.15) is 26.2 Å². The lowest BCUT2D eigenvalue weighted by molar-refractivity contribution is -0.151. The summed E-state index contributed by atoms with van der Waals surface area (Å²) in [4.78, 5) is 17.2. The number of nitrogens with one attached hydrogen (secondary N) is 1. The molecule has 3 aliphatic heterocycles. The Labute approximate surface area is 115 Å². The standard InChI is InChI=1S/C14H25N3O2/c1-2-19-14(18)13-10-15-6-9-17(13)12-5-8-16-7-3-4-11(12)16/h11-13,15H,2-10H2,1H3. The number of nitrogens with zero attached hydrogens (tertiary/aromatic N) is 2. The average Bonchev–Trinajstić information content (AvgIpc) is 3.01. The summed E-state index contributed by atoms with van der Waals surface area (Å²) >= 11 is 0. The number of hydrogen-bond donors (Lipinski definition) is 1. The van der Waals surface area contributed by atoms with Crippen molar-refractivity contribution < 1.29 is 9.53 Å². The van der Waals surface area contributed by atoms with Crippen molar-refractivity contribution in [2.45, 2.75) is 44.3 Å². The first-order chi connectivity index (χ1) is 9.31. The zero-order valence-electron chi connectivity index (χ0n) is 11.8. The van der Waals surface area contributed by atoms with Gasteiger partial charge in [-0.1, -0.05) is 0 Å². The topological polar surface area (TPSA) is 44.8 Å². The van der Waals surface area contributed by atoms with Crippen LogP contribution < -0.4 is 5.32 Å². The predicted molar refractivity (Wildman–Crippen MR) is 73.0 cm³/mol. The fourth-order valence-electron chi connectivity index (χ4n) is 4.02. The Kier molecular flexibility index (Phi) is 4.05. The van der Waals surface area contributed by atoms with E-state index in [1.54, 1.807) is 0 Å². The summed E-state index contributed by atoms with van der Waals surface area (Å²) in [5, 5.41) is 3.33. The molecular weight excluding hydrogens is 242 g/mol. The van der Waals surface area contributed by atoms with Crippen molar-refractivity contribution in [1.29, 1.82) is 0 Å². The molecular formula is C14H25N3O2. The van der Waals surface area contributed by atoms with Gasteiger partial charge >= 0.3 is 5.97 Å². The summed E-state index contributed by atoms with van der Waals surface area (Å²) in [6.45, 7) is 7.50. The smallest absolute Gasteiger partial charge is 0.324 e. The lowest BCUT2D eigenvalue weighted by Gasteiger charge is -2.40. The Hall–Kier alpha value is -0.650. The van der Waals surface area contributed by atoms with Crippen molar-refractivity contribution in [3.05, 3.63) is 0 Å². The van der Waals surface area contributed by atoms with Crippen molar-refractivity contribution in [1.82, 2.24) is 15.1 Å². The molecule has 0 aromatic carbocycles. The molecule has 3 heterocycles. The van der Waals surface area contributed by atoms with Gasteiger partial charge in [-0.3, -0.25) is 14.6 Å². The number of hydrogen-bond acceptors (Lipinski definition) is 5. The number of fused-ring (bicyclic) bond motifs is 1. The van der Waals surface area contributed by atoms with E-state index in [9.17, 15) is 4.79 Å². The highest BCUT2D eigenvalue weighted by Gasteiger charge is 2.44. The van der Waals surface area contributed by atoms with Crippen LogP contribution in [0.5, 0.6) is 0 Å². The lowest BCUT2D eigenvalue weighted by atomic mass is 10.0. The Morgan fingerprint density at radius 2 is 2.16 bits per heavy atom. The van der Waals surface area contributed by atoms with Crippen molar-refractivity contribution in [3.63, 3.8) is 0 Å². The van der Waals surface area contributed by atoms with Crippen molar-refractivity contribution >= 4 is 5.97 Å². The fraction of sp³-hybridized carbons (Fsp3) is 0.929. The first kappa shape index (κ1) is 13.3. The highest BCUT2D eigenvalue weighted by atomic mass is 16.5. The Balaban J connectivity index is 1.71. The van der Waals surface area contributed by atoms with Crippen molar-refractivity contribution in [2.75, 3.05) is 39.3 Å². The van der Waals surface area contributed by atoms with E-state index in [0.717, 1.165) is 19.6 Å². The third kappa shape index (κ3) is 2.51. The maximum atomic E-state index is 12.1. The van der Waals surface area contributed by atoms with Crippen LogP contribution in [0.15, 0.2) is 0 Å². The van der Waals surface area contributed by atoms with E-state index in [-0.39, 0.29) is 12.0 Å². The Bertz CT molecular complexity index is 337. The SMILES string of the molecule is CCOC(=O)C1CNCCN1C1CCN2CCCC12. The molecule has 0 bridgehead atoms. The first-order valence-corrected chi connectivity index (χ1v) is 7.68. The minimum Gasteiger partial charge on any atom is -0.465 e. The molecule has 0 radical (unpaired) electrons. The summed E-state index contributed by atoms with van der Waals surface area (Å²) in [6.07, 6.45) is 3.82. The molecule has 3 fully saturated rings. The number of piperazine rings is 1. The van der Waals surface area contributed by atoms with Crippen LogP contribution in [0, 0.1) is 0 Å². The van der Waals surface area contributed by atoms with E-state index in [1.165, 1.54) is 32.4 Å². The molecule has 0 aromatic rings. The van der Waals surface area contributed by atoms with Gasteiger partial charge in [0.2, 0.25) is 0 Å². The summed E-state index contributed by atoms with van der Waals surface area (Å²) < 4.78 is 5.25. The Morgan fingerprint density at radius 3 is 3.00 bits per heavy atom. The maximum absolute atomic E-state index is 12.1. The number of carbonyl (C=O) groups is 1. The second kappa shape index (κ2) is 5.77. The molecule has 0 amide bonds. The van der Waals surface area contributed by atoms with Gasteiger partial charge in [-0.25, -0.2) is 0 Å². The van der Waals surface area contributed by atoms with Gasteiger partial charge in [-0.15, -0.1) is 0 Å². The average molecular weight is 267 g/mol. The molecule has 0 spiro atoms. The largest absolute Gasteiger partial charge is 0.465 e. The van der Waals surface area contributed by atoms with E-state index in [4.69, 9.17) is 4.74 Å².